The number of carbonyl (C=O) groups is 1. The lowest BCUT2D eigenvalue weighted by molar-refractivity contribution is 0.167. The summed E-state index contributed by atoms with van der Waals surface area (Å²) in [6.45, 7) is 2.28. The van der Waals surface area contributed by atoms with Gasteiger partial charge in [0, 0.05) is 42.8 Å². The van der Waals surface area contributed by atoms with E-state index >= 15 is 0 Å². The summed E-state index contributed by atoms with van der Waals surface area (Å²) in [6.07, 6.45) is 3.35. The van der Waals surface area contributed by atoms with E-state index in [0.29, 0.717) is 18.0 Å². The van der Waals surface area contributed by atoms with Gasteiger partial charge in [-0.3, -0.25) is 0 Å². The van der Waals surface area contributed by atoms with E-state index in [1.807, 2.05) is 35.2 Å². The number of benzene rings is 2. The molecule has 0 unspecified atom stereocenters. The number of aromatic nitrogens is 2. The molecule has 2 aliphatic rings. The minimum Gasteiger partial charge on any atom is -0.493 e. The molecule has 2 aliphatic heterocycles. The molecule has 0 bridgehead atoms. The molecule has 1 aromatic heterocycles. The summed E-state index contributed by atoms with van der Waals surface area (Å²) < 4.78 is 10.9. The number of piperidine rings is 1. The van der Waals surface area contributed by atoms with Gasteiger partial charge in [-0.25, -0.2) is 14.8 Å². The SMILES string of the molecule is COc1cc2ncnc(N3CCC(N4Cc5ccccc5NC4=O)CC3)c2cc1OC. The van der Waals surface area contributed by atoms with E-state index in [-0.39, 0.29) is 12.1 Å². The monoisotopic (exact) mass is 419 g/mol. The van der Waals surface area contributed by atoms with Crippen LogP contribution in [0.1, 0.15) is 18.4 Å². The Bertz CT molecular complexity index is 1130. The van der Waals surface area contributed by atoms with Gasteiger partial charge in [-0.1, -0.05) is 18.2 Å². The predicted octanol–water partition coefficient (Wildman–Crippen LogP) is 3.66. The lowest BCUT2D eigenvalue weighted by atomic mass is 10.0. The highest BCUT2D eigenvalue weighted by Gasteiger charge is 2.32. The second kappa shape index (κ2) is 7.94. The van der Waals surface area contributed by atoms with Gasteiger partial charge in [-0.15, -0.1) is 0 Å². The number of urea groups is 1. The number of ether oxygens (including phenoxy) is 2. The zero-order chi connectivity index (χ0) is 21.4. The van der Waals surface area contributed by atoms with Crippen LogP contribution in [0.25, 0.3) is 10.9 Å². The van der Waals surface area contributed by atoms with Crippen LogP contribution in [0.15, 0.2) is 42.7 Å². The van der Waals surface area contributed by atoms with Crippen molar-refractivity contribution < 1.29 is 14.3 Å². The standard InChI is InChI=1S/C23H25N5O3/c1-30-20-11-17-19(12-21(20)31-2)24-14-25-22(17)27-9-7-16(8-10-27)28-13-15-5-3-4-6-18(15)26-23(28)29/h3-6,11-12,14,16H,7-10,13H2,1-2H3,(H,26,29). The summed E-state index contributed by atoms with van der Waals surface area (Å²) in [7, 11) is 3.24. The Hall–Kier alpha value is -3.55. The van der Waals surface area contributed by atoms with Crippen molar-refractivity contribution in [3.63, 3.8) is 0 Å². The smallest absolute Gasteiger partial charge is 0.322 e. The van der Waals surface area contributed by atoms with E-state index < -0.39 is 0 Å². The second-order valence-corrected chi connectivity index (χ2v) is 7.86. The molecule has 0 atom stereocenters. The topological polar surface area (TPSA) is 79.8 Å². The first-order chi connectivity index (χ1) is 15.2. The molecule has 31 heavy (non-hydrogen) atoms. The third kappa shape index (κ3) is 3.48. The number of methoxy groups -OCH3 is 2. The van der Waals surface area contributed by atoms with Crippen LogP contribution in [0.5, 0.6) is 11.5 Å². The fraction of sp³-hybridized carbons (Fsp3) is 0.348. The highest BCUT2D eigenvalue weighted by atomic mass is 16.5. The predicted molar refractivity (Wildman–Crippen MR) is 119 cm³/mol. The largest absolute Gasteiger partial charge is 0.493 e. The fourth-order valence-electron chi connectivity index (χ4n) is 4.53. The molecule has 3 aromatic rings. The maximum Gasteiger partial charge on any atom is 0.322 e. The lowest BCUT2D eigenvalue weighted by Gasteiger charge is -2.41. The molecule has 8 heteroatoms. The van der Waals surface area contributed by atoms with Crippen LogP contribution in [0.4, 0.5) is 16.3 Å². The molecule has 2 aromatic carbocycles. The van der Waals surface area contributed by atoms with Crippen molar-refractivity contribution in [3.05, 3.63) is 48.3 Å². The molecular weight excluding hydrogens is 394 g/mol. The van der Waals surface area contributed by atoms with Crippen LogP contribution in [0.3, 0.4) is 0 Å². The van der Waals surface area contributed by atoms with E-state index in [0.717, 1.165) is 53.9 Å². The van der Waals surface area contributed by atoms with Crippen molar-refractivity contribution >= 4 is 28.4 Å². The van der Waals surface area contributed by atoms with Crippen LogP contribution in [0.2, 0.25) is 0 Å². The molecular formula is C23H25N5O3. The molecule has 0 radical (unpaired) electrons. The van der Waals surface area contributed by atoms with Crippen LogP contribution < -0.4 is 19.7 Å². The van der Waals surface area contributed by atoms with E-state index in [1.165, 1.54) is 0 Å². The van der Waals surface area contributed by atoms with E-state index in [2.05, 4.69) is 26.3 Å². The number of carbonyl (C=O) groups excluding carboxylic acids is 1. The zero-order valence-electron chi connectivity index (χ0n) is 17.7. The number of hydrogen-bond acceptors (Lipinski definition) is 6. The Balaban J connectivity index is 1.35. The number of nitrogens with zero attached hydrogens (tertiary/aromatic N) is 4. The summed E-state index contributed by atoms with van der Waals surface area (Å²) in [5.41, 5.74) is 2.89. The van der Waals surface area contributed by atoms with E-state index in [4.69, 9.17) is 9.47 Å². The molecule has 1 N–H and O–H groups in total. The van der Waals surface area contributed by atoms with Gasteiger partial charge in [-0.05, 0) is 30.5 Å². The molecule has 3 heterocycles. The molecule has 0 aliphatic carbocycles. The van der Waals surface area contributed by atoms with Crippen molar-refractivity contribution in [2.75, 3.05) is 37.5 Å². The maximum atomic E-state index is 12.7. The Morgan fingerprint density at radius 1 is 1.03 bits per heavy atom. The van der Waals surface area contributed by atoms with Gasteiger partial charge < -0.3 is 24.6 Å². The van der Waals surface area contributed by atoms with Crippen LogP contribution in [-0.4, -0.2) is 54.2 Å². The lowest BCUT2D eigenvalue weighted by Crippen LogP contribution is -2.50. The normalized spacial score (nSPS) is 16.8. The van der Waals surface area contributed by atoms with Gasteiger partial charge in [0.15, 0.2) is 11.5 Å². The van der Waals surface area contributed by atoms with Crippen molar-refractivity contribution in [2.45, 2.75) is 25.4 Å². The molecule has 2 amide bonds. The van der Waals surface area contributed by atoms with Gasteiger partial charge in [0.2, 0.25) is 0 Å². The van der Waals surface area contributed by atoms with E-state index in [1.54, 1.807) is 20.5 Å². The summed E-state index contributed by atoms with van der Waals surface area (Å²) in [4.78, 5) is 25.9. The van der Waals surface area contributed by atoms with Gasteiger partial charge in [0.25, 0.3) is 0 Å². The Morgan fingerprint density at radius 3 is 2.55 bits per heavy atom. The molecule has 0 spiro atoms. The molecule has 1 fully saturated rings. The molecule has 0 saturated carbocycles. The molecule has 160 valence electrons. The number of fused-ring (bicyclic) bond motifs is 2. The van der Waals surface area contributed by atoms with Gasteiger partial charge >= 0.3 is 6.03 Å². The Morgan fingerprint density at radius 2 is 1.77 bits per heavy atom. The third-order valence-corrected chi connectivity index (χ3v) is 6.18. The highest BCUT2D eigenvalue weighted by Crippen LogP contribution is 2.36. The van der Waals surface area contributed by atoms with Crippen molar-refractivity contribution in [2.24, 2.45) is 0 Å². The summed E-state index contributed by atoms with van der Waals surface area (Å²) in [5.74, 6) is 2.19. The Kier molecular flexibility index (Phi) is 4.97. The maximum absolute atomic E-state index is 12.7. The number of nitrogens with one attached hydrogen (secondary N) is 1. The average molecular weight is 419 g/mol. The minimum atomic E-state index is -0.0125. The van der Waals surface area contributed by atoms with E-state index in [9.17, 15) is 4.79 Å². The summed E-state index contributed by atoms with van der Waals surface area (Å²) in [6, 6.07) is 12.0. The molecule has 1 saturated heterocycles. The quantitative estimate of drug-likeness (QED) is 0.695. The number of rotatable bonds is 4. The molecule has 5 rings (SSSR count). The second-order valence-electron chi connectivity index (χ2n) is 7.86. The highest BCUT2D eigenvalue weighted by molar-refractivity contribution is 5.93. The zero-order valence-corrected chi connectivity index (χ0v) is 17.7. The van der Waals surface area contributed by atoms with Gasteiger partial charge in [0.05, 0.1) is 19.7 Å². The van der Waals surface area contributed by atoms with Crippen LogP contribution in [0, 0.1) is 0 Å². The number of para-hydroxylation sites is 1. The van der Waals surface area contributed by atoms with Crippen LogP contribution in [-0.2, 0) is 6.54 Å². The van der Waals surface area contributed by atoms with Crippen LogP contribution >= 0.6 is 0 Å². The molecule has 8 nitrogen and oxygen atoms in total. The van der Waals surface area contributed by atoms with Crippen molar-refractivity contribution in [1.82, 2.24) is 14.9 Å². The Labute approximate surface area is 180 Å². The van der Waals surface area contributed by atoms with Crippen molar-refractivity contribution in [3.8, 4) is 11.5 Å². The number of anilines is 2. The summed E-state index contributed by atoms with van der Waals surface area (Å²) >= 11 is 0. The van der Waals surface area contributed by atoms with Crippen molar-refractivity contribution in [1.29, 1.82) is 0 Å². The van der Waals surface area contributed by atoms with Gasteiger partial charge in [-0.2, -0.15) is 0 Å². The number of hydrogen-bond donors (Lipinski definition) is 1. The minimum absolute atomic E-state index is 0.0125. The third-order valence-electron chi connectivity index (χ3n) is 6.18. The first kappa shape index (κ1) is 19.4. The summed E-state index contributed by atoms with van der Waals surface area (Å²) in [5, 5.41) is 3.96. The first-order valence-corrected chi connectivity index (χ1v) is 10.4. The average Bonchev–Trinajstić information content (AvgIpc) is 2.82. The number of amides is 2. The fourth-order valence-corrected chi connectivity index (χ4v) is 4.53. The first-order valence-electron chi connectivity index (χ1n) is 10.4. The van der Waals surface area contributed by atoms with Gasteiger partial charge in [0.1, 0.15) is 12.1 Å².